The number of anilines is 1. The molecule has 2 unspecified atom stereocenters. The lowest BCUT2D eigenvalue weighted by atomic mass is 9.75. The number of nitriles is 1. The number of nitrogens with one attached hydrogen (secondary N) is 1. The molecule has 1 saturated heterocycles. The summed E-state index contributed by atoms with van der Waals surface area (Å²) in [5.41, 5.74) is 2.63. The third kappa shape index (κ3) is 5.71. The zero-order valence-electron chi connectivity index (χ0n) is 22.5. The Kier molecular flexibility index (Phi) is 7.06. The first kappa shape index (κ1) is 27.4. The van der Waals surface area contributed by atoms with Gasteiger partial charge in [-0.15, -0.1) is 0 Å². The van der Waals surface area contributed by atoms with E-state index in [1.165, 1.54) is 16.8 Å². The molecule has 3 aromatic rings. The van der Waals surface area contributed by atoms with Gasteiger partial charge in [0, 0.05) is 48.4 Å². The van der Waals surface area contributed by atoms with Gasteiger partial charge in [-0.1, -0.05) is 25.0 Å². The number of hydrogen-bond donors (Lipinski definition) is 1. The van der Waals surface area contributed by atoms with Crippen molar-refractivity contribution in [3.63, 3.8) is 0 Å². The second-order valence-corrected chi connectivity index (χ2v) is 13.7. The van der Waals surface area contributed by atoms with Gasteiger partial charge in [-0.3, -0.25) is 4.79 Å². The van der Waals surface area contributed by atoms with Gasteiger partial charge >= 0.3 is 0 Å². The molecule has 6 rings (SSSR count). The summed E-state index contributed by atoms with van der Waals surface area (Å²) in [6, 6.07) is 13.2. The quantitative estimate of drug-likeness (QED) is 0.461. The molecule has 2 aliphatic carbocycles. The molecular formula is C30H31F2N5O3S. The summed E-state index contributed by atoms with van der Waals surface area (Å²) >= 11 is 0. The van der Waals surface area contributed by atoms with Crippen LogP contribution in [0.5, 0.6) is 0 Å². The largest absolute Gasteiger partial charge is 0.369 e. The van der Waals surface area contributed by atoms with Gasteiger partial charge in [-0.2, -0.15) is 10.4 Å². The van der Waals surface area contributed by atoms with Crippen LogP contribution in [0.15, 0.2) is 48.7 Å². The van der Waals surface area contributed by atoms with Crippen LogP contribution >= 0.6 is 0 Å². The predicted molar refractivity (Wildman–Crippen MR) is 150 cm³/mol. The van der Waals surface area contributed by atoms with Gasteiger partial charge in [-0.25, -0.2) is 21.9 Å². The third-order valence-electron chi connectivity index (χ3n) is 8.52. The van der Waals surface area contributed by atoms with Gasteiger partial charge in [0.25, 0.3) is 0 Å². The Morgan fingerprint density at radius 2 is 1.66 bits per heavy atom. The molecular weight excluding hydrogens is 548 g/mol. The topological polar surface area (TPSA) is 108 Å². The molecule has 3 aliphatic rings. The van der Waals surface area contributed by atoms with Crippen molar-refractivity contribution in [1.82, 2.24) is 15.1 Å². The number of aromatic nitrogens is 2. The van der Waals surface area contributed by atoms with E-state index in [0.717, 1.165) is 42.1 Å². The van der Waals surface area contributed by atoms with Crippen molar-refractivity contribution in [3.05, 3.63) is 66.0 Å². The van der Waals surface area contributed by atoms with Gasteiger partial charge in [-0.05, 0) is 55.5 Å². The van der Waals surface area contributed by atoms with Gasteiger partial charge < -0.3 is 10.2 Å². The van der Waals surface area contributed by atoms with Crippen LogP contribution in [0.25, 0.3) is 16.8 Å². The number of sulfone groups is 1. The van der Waals surface area contributed by atoms with Gasteiger partial charge in [0.1, 0.15) is 17.2 Å². The fourth-order valence-corrected chi connectivity index (χ4v) is 7.20. The zero-order chi connectivity index (χ0) is 28.8. The Balaban J connectivity index is 1.37. The van der Waals surface area contributed by atoms with Crippen LogP contribution in [0, 0.1) is 28.9 Å². The zero-order valence-corrected chi connectivity index (χ0v) is 23.3. The van der Waals surface area contributed by atoms with Crippen molar-refractivity contribution >= 4 is 21.4 Å². The van der Waals surface area contributed by atoms with E-state index in [1.54, 1.807) is 6.20 Å². The minimum Gasteiger partial charge on any atom is -0.369 e. The molecule has 11 heteroatoms. The summed E-state index contributed by atoms with van der Waals surface area (Å²) in [7, 11) is -3.00. The Morgan fingerprint density at radius 3 is 2.29 bits per heavy atom. The fraction of sp³-hybridized carbons (Fsp3) is 0.433. The van der Waals surface area contributed by atoms with Crippen LogP contribution in [0.3, 0.4) is 0 Å². The van der Waals surface area contributed by atoms with Crippen LogP contribution in [-0.2, 0) is 14.6 Å². The Bertz CT molecular complexity index is 1590. The maximum absolute atomic E-state index is 14.1. The molecule has 2 saturated carbocycles. The number of nitrogens with zero attached hydrogens (tertiary/aromatic N) is 4. The standard InChI is InChI=1S/C30H31F2N5O3S/c31-21-15-22(32)17-24(16-21)37-18-27(20-5-7-23(8-6-20)36-11-13-41(39,40)14-12-36)28(35-37)25-3-1-2-4-26(25)29(38)34-30(19-33)9-10-30/h5-8,15-18,25-26H,1-4,9-14H2,(H,34,38). The molecule has 214 valence electrons. The number of rotatable bonds is 6. The van der Waals surface area contributed by atoms with E-state index in [1.807, 2.05) is 29.2 Å². The predicted octanol–water partition coefficient (Wildman–Crippen LogP) is 4.50. The summed E-state index contributed by atoms with van der Waals surface area (Å²) < 4.78 is 53.4. The lowest BCUT2D eigenvalue weighted by Gasteiger charge is -2.31. The number of carbonyl (C=O) groups is 1. The van der Waals surface area contributed by atoms with E-state index < -0.39 is 27.0 Å². The molecule has 1 aromatic heterocycles. The first-order chi connectivity index (χ1) is 19.7. The van der Waals surface area contributed by atoms with Crippen molar-refractivity contribution < 1.29 is 22.0 Å². The summed E-state index contributed by atoms with van der Waals surface area (Å²) in [6.07, 6.45) is 6.22. The highest BCUT2D eigenvalue weighted by Crippen LogP contribution is 2.43. The molecule has 1 amide bonds. The summed E-state index contributed by atoms with van der Waals surface area (Å²) in [6.45, 7) is 0.859. The first-order valence-electron chi connectivity index (χ1n) is 14.0. The van der Waals surface area contributed by atoms with Crippen LogP contribution in [-0.4, -0.2) is 54.2 Å². The molecule has 0 bridgehead atoms. The molecule has 0 spiro atoms. The lowest BCUT2D eigenvalue weighted by molar-refractivity contribution is -0.127. The Morgan fingerprint density at radius 1 is 1.00 bits per heavy atom. The molecule has 1 aliphatic heterocycles. The summed E-state index contributed by atoms with van der Waals surface area (Å²) in [4.78, 5) is 15.5. The van der Waals surface area contributed by atoms with Crippen LogP contribution in [0.4, 0.5) is 14.5 Å². The average Bonchev–Trinajstić information content (AvgIpc) is 3.59. The highest BCUT2D eigenvalue weighted by Gasteiger charge is 2.47. The second-order valence-electron chi connectivity index (χ2n) is 11.4. The third-order valence-corrected chi connectivity index (χ3v) is 10.1. The molecule has 8 nitrogen and oxygen atoms in total. The van der Waals surface area contributed by atoms with E-state index >= 15 is 0 Å². The van der Waals surface area contributed by atoms with Crippen LogP contribution < -0.4 is 10.2 Å². The van der Waals surface area contributed by atoms with Crippen molar-refractivity contribution in [1.29, 1.82) is 5.26 Å². The van der Waals surface area contributed by atoms with Crippen LogP contribution in [0.2, 0.25) is 0 Å². The van der Waals surface area contributed by atoms with Crippen LogP contribution in [0.1, 0.15) is 50.1 Å². The number of halogens is 2. The van der Waals surface area contributed by atoms with Gasteiger partial charge in [0.2, 0.25) is 5.91 Å². The molecule has 0 radical (unpaired) electrons. The van der Waals surface area contributed by atoms with Gasteiger partial charge in [0.05, 0.1) is 29.0 Å². The summed E-state index contributed by atoms with van der Waals surface area (Å²) in [5.74, 6) is -1.96. The van der Waals surface area contributed by atoms with Crippen molar-refractivity contribution in [3.8, 4) is 22.9 Å². The van der Waals surface area contributed by atoms with E-state index in [9.17, 15) is 27.3 Å². The normalized spacial score (nSPS) is 23.0. The smallest absolute Gasteiger partial charge is 0.225 e. The number of hydrogen-bond acceptors (Lipinski definition) is 6. The highest BCUT2D eigenvalue weighted by atomic mass is 32.2. The maximum atomic E-state index is 14.1. The number of carbonyl (C=O) groups excluding carboxylic acids is 1. The number of benzene rings is 2. The van der Waals surface area contributed by atoms with E-state index in [0.29, 0.717) is 38.0 Å². The summed E-state index contributed by atoms with van der Waals surface area (Å²) in [5, 5.41) is 17.3. The average molecular weight is 580 g/mol. The Labute approximate surface area is 237 Å². The van der Waals surface area contributed by atoms with E-state index in [2.05, 4.69) is 11.4 Å². The lowest BCUT2D eigenvalue weighted by Crippen LogP contribution is -2.42. The monoisotopic (exact) mass is 579 g/mol. The van der Waals surface area contributed by atoms with Gasteiger partial charge in [0.15, 0.2) is 9.84 Å². The fourth-order valence-electron chi connectivity index (χ4n) is 6.00. The van der Waals surface area contributed by atoms with Crippen molar-refractivity contribution in [2.45, 2.75) is 50.0 Å². The van der Waals surface area contributed by atoms with Crippen molar-refractivity contribution in [2.75, 3.05) is 29.5 Å². The molecule has 2 aromatic carbocycles. The molecule has 41 heavy (non-hydrogen) atoms. The molecule has 3 fully saturated rings. The number of amides is 1. The van der Waals surface area contributed by atoms with Crippen molar-refractivity contribution in [2.24, 2.45) is 5.92 Å². The van der Waals surface area contributed by atoms with E-state index in [4.69, 9.17) is 5.10 Å². The molecule has 2 atom stereocenters. The van der Waals surface area contributed by atoms with E-state index in [-0.39, 0.29) is 34.9 Å². The highest BCUT2D eigenvalue weighted by molar-refractivity contribution is 7.91. The molecule has 1 N–H and O–H groups in total. The SMILES string of the molecule is N#CC1(NC(=O)C2CCCCC2c2nn(-c3cc(F)cc(F)c3)cc2-c2ccc(N3CCS(=O)(=O)CC3)cc2)CC1. The minimum absolute atomic E-state index is 0.119. The maximum Gasteiger partial charge on any atom is 0.225 e. The second kappa shape index (κ2) is 10.6. The minimum atomic E-state index is -3.00. The Hall–Kier alpha value is -3.78. The molecule has 2 heterocycles. The first-order valence-corrected chi connectivity index (χ1v) is 15.8.